The molecule has 0 saturated carbocycles. The molecule has 86 valence electrons. The van der Waals surface area contributed by atoms with Gasteiger partial charge >= 0.3 is 0 Å². The lowest BCUT2D eigenvalue weighted by molar-refractivity contribution is 0.0591. The van der Waals surface area contributed by atoms with Crippen molar-refractivity contribution in [2.75, 3.05) is 6.54 Å². The zero-order valence-electron chi connectivity index (χ0n) is 11.0. The number of rotatable bonds is 6. The quantitative estimate of drug-likeness (QED) is 0.691. The molecule has 0 aromatic carbocycles. The third-order valence-corrected chi connectivity index (χ3v) is 4.16. The Labute approximate surface area is 90.5 Å². The Bertz CT molecular complexity index is 143. The van der Waals surface area contributed by atoms with Crippen molar-refractivity contribution < 1.29 is 0 Å². The van der Waals surface area contributed by atoms with Gasteiger partial charge in [0.1, 0.15) is 0 Å². The van der Waals surface area contributed by atoms with Gasteiger partial charge in [0.2, 0.25) is 0 Å². The van der Waals surface area contributed by atoms with Crippen molar-refractivity contribution in [2.24, 2.45) is 22.5 Å². The van der Waals surface area contributed by atoms with Crippen LogP contribution in [0.25, 0.3) is 0 Å². The van der Waals surface area contributed by atoms with Crippen LogP contribution in [0.3, 0.4) is 0 Å². The van der Waals surface area contributed by atoms with Crippen molar-refractivity contribution in [2.45, 2.75) is 60.8 Å². The van der Waals surface area contributed by atoms with E-state index in [2.05, 4.69) is 41.5 Å². The first-order valence-electron chi connectivity index (χ1n) is 6.02. The maximum absolute atomic E-state index is 5.73. The molecule has 0 radical (unpaired) electrons. The predicted molar refractivity (Wildman–Crippen MR) is 65.3 cm³/mol. The van der Waals surface area contributed by atoms with Crippen LogP contribution < -0.4 is 5.73 Å². The third-order valence-electron chi connectivity index (χ3n) is 4.16. The van der Waals surface area contributed by atoms with Crippen LogP contribution in [0.5, 0.6) is 0 Å². The van der Waals surface area contributed by atoms with Gasteiger partial charge in [-0.25, -0.2) is 0 Å². The zero-order chi connectivity index (χ0) is 11.4. The van der Waals surface area contributed by atoms with E-state index in [9.17, 15) is 0 Å². The molecule has 0 atom stereocenters. The topological polar surface area (TPSA) is 26.0 Å². The van der Waals surface area contributed by atoms with Gasteiger partial charge in [0.15, 0.2) is 0 Å². The van der Waals surface area contributed by atoms with Gasteiger partial charge in [-0.15, -0.1) is 0 Å². The van der Waals surface area contributed by atoms with Gasteiger partial charge in [0, 0.05) is 0 Å². The van der Waals surface area contributed by atoms with Crippen LogP contribution in [0.4, 0.5) is 0 Å². The minimum atomic E-state index is 0.416. The van der Waals surface area contributed by atoms with E-state index in [0.717, 1.165) is 18.9 Å². The van der Waals surface area contributed by atoms with Gasteiger partial charge in [-0.3, -0.25) is 0 Å². The van der Waals surface area contributed by atoms with Crippen molar-refractivity contribution in [1.29, 1.82) is 0 Å². The summed E-state index contributed by atoms with van der Waals surface area (Å²) >= 11 is 0. The van der Waals surface area contributed by atoms with Crippen LogP contribution in [0.1, 0.15) is 60.8 Å². The van der Waals surface area contributed by atoms with Crippen LogP contribution >= 0.6 is 0 Å². The van der Waals surface area contributed by atoms with E-state index in [-0.39, 0.29) is 0 Å². The van der Waals surface area contributed by atoms with E-state index >= 15 is 0 Å². The van der Waals surface area contributed by atoms with Gasteiger partial charge in [0.25, 0.3) is 0 Å². The van der Waals surface area contributed by atoms with Gasteiger partial charge in [0.05, 0.1) is 0 Å². The summed E-state index contributed by atoms with van der Waals surface area (Å²) in [6.45, 7) is 14.9. The average molecular weight is 199 g/mol. The lowest BCUT2D eigenvalue weighted by atomic mass is 9.61. The Kier molecular flexibility index (Phi) is 5.14. The fraction of sp³-hybridized carbons (Fsp3) is 1.00. The van der Waals surface area contributed by atoms with E-state index in [1.807, 2.05) is 0 Å². The summed E-state index contributed by atoms with van der Waals surface area (Å²) in [6.07, 6.45) is 3.63. The summed E-state index contributed by atoms with van der Waals surface area (Å²) in [4.78, 5) is 0. The third kappa shape index (κ3) is 3.27. The normalized spacial score (nSPS) is 13.7. The molecule has 0 aliphatic heterocycles. The van der Waals surface area contributed by atoms with Gasteiger partial charge in [-0.1, -0.05) is 54.4 Å². The van der Waals surface area contributed by atoms with E-state index in [1.165, 1.54) is 12.8 Å². The van der Waals surface area contributed by atoms with Crippen molar-refractivity contribution in [3.8, 4) is 0 Å². The molecule has 1 heteroatoms. The molecule has 0 aromatic rings. The van der Waals surface area contributed by atoms with E-state index in [1.54, 1.807) is 0 Å². The van der Waals surface area contributed by atoms with Crippen molar-refractivity contribution in [3.05, 3.63) is 0 Å². The second kappa shape index (κ2) is 5.16. The molecular weight excluding hydrogens is 170 g/mol. The Morgan fingerprint density at radius 3 is 1.50 bits per heavy atom. The lowest BCUT2D eigenvalue weighted by Crippen LogP contribution is -2.37. The first kappa shape index (κ1) is 14.0. The largest absolute Gasteiger partial charge is 0.330 e. The molecule has 0 saturated heterocycles. The van der Waals surface area contributed by atoms with Crippen molar-refractivity contribution >= 4 is 0 Å². The van der Waals surface area contributed by atoms with Crippen LogP contribution in [-0.4, -0.2) is 6.54 Å². The van der Waals surface area contributed by atoms with E-state index in [4.69, 9.17) is 5.73 Å². The molecule has 0 aliphatic carbocycles. The first-order chi connectivity index (χ1) is 6.31. The fourth-order valence-corrected chi connectivity index (χ4v) is 2.50. The van der Waals surface area contributed by atoms with Crippen molar-refractivity contribution in [1.82, 2.24) is 0 Å². The molecule has 0 amide bonds. The second-order valence-corrected chi connectivity index (χ2v) is 5.81. The number of hydrogen-bond donors (Lipinski definition) is 1. The number of nitrogens with two attached hydrogens (primary N) is 1. The standard InChI is InChI=1S/C13H29N/c1-7-12(3,4)11(9-10-14)13(5,6)8-2/h11H,7-10,14H2,1-6H3. The second-order valence-electron chi connectivity index (χ2n) is 5.81. The number of hydrogen-bond acceptors (Lipinski definition) is 1. The molecular formula is C13H29N. The Morgan fingerprint density at radius 1 is 0.929 bits per heavy atom. The molecule has 0 rings (SSSR count). The van der Waals surface area contributed by atoms with Crippen LogP contribution in [-0.2, 0) is 0 Å². The van der Waals surface area contributed by atoms with Gasteiger partial charge in [-0.05, 0) is 29.7 Å². The molecule has 1 nitrogen and oxygen atoms in total. The lowest BCUT2D eigenvalue weighted by Gasteiger charge is -2.44. The molecule has 0 heterocycles. The minimum Gasteiger partial charge on any atom is -0.330 e. The minimum absolute atomic E-state index is 0.416. The molecule has 0 aromatic heterocycles. The highest BCUT2D eigenvalue weighted by Crippen LogP contribution is 2.45. The molecule has 0 spiro atoms. The van der Waals surface area contributed by atoms with Crippen LogP contribution in [0, 0.1) is 16.7 Å². The summed E-state index contributed by atoms with van der Waals surface area (Å²) in [6, 6.07) is 0. The molecule has 0 unspecified atom stereocenters. The maximum atomic E-state index is 5.73. The summed E-state index contributed by atoms with van der Waals surface area (Å²) in [5, 5.41) is 0. The van der Waals surface area contributed by atoms with E-state index < -0.39 is 0 Å². The zero-order valence-corrected chi connectivity index (χ0v) is 11.0. The Hall–Kier alpha value is -0.0400. The van der Waals surface area contributed by atoms with Gasteiger partial charge in [-0.2, -0.15) is 0 Å². The van der Waals surface area contributed by atoms with Crippen molar-refractivity contribution in [3.63, 3.8) is 0 Å². The summed E-state index contributed by atoms with van der Waals surface area (Å²) in [5.41, 5.74) is 6.56. The smallest absolute Gasteiger partial charge is 0.00742 e. The summed E-state index contributed by atoms with van der Waals surface area (Å²) < 4.78 is 0. The Balaban J connectivity index is 4.75. The summed E-state index contributed by atoms with van der Waals surface area (Å²) in [5.74, 6) is 0.731. The van der Waals surface area contributed by atoms with Crippen LogP contribution in [0.15, 0.2) is 0 Å². The SMILES string of the molecule is CCC(C)(C)C(CCN)C(C)(C)CC. The van der Waals surface area contributed by atoms with Crippen LogP contribution in [0.2, 0.25) is 0 Å². The predicted octanol–water partition coefficient (Wildman–Crippen LogP) is 3.82. The Morgan fingerprint density at radius 2 is 1.29 bits per heavy atom. The molecule has 2 N–H and O–H groups in total. The average Bonchev–Trinajstić information content (AvgIpc) is 2.13. The molecule has 14 heavy (non-hydrogen) atoms. The van der Waals surface area contributed by atoms with Gasteiger partial charge < -0.3 is 5.73 Å². The fourth-order valence-electron chi connectivity index (χ4n) is 2.50. The monoisotopic (exact) mass is 199 g/mol. The highest BCUT2D eigenvalue weighted by atomic mass is 14.5. The summed E-state index contributed by atoms with van der Waals surface area (Å²) in [7, 11) is 0. The highest BCUT2D eigenvalue weighted by Gasteiger charge is 2.37. The molecule has 0 aliphatic rings. The maximum Gasteiger partial charge on any atom is -0.00742 e. The highest BCUT2D eigenvalue weighted by molar-refractivity contribution is 4.87. The van der Waals surface area contributed by atoms with E-state index in [0.29, 0.717) is 10.8 Å². The first-order valence-corrected chi connectivity index (χ1v) is 6.02. The molecule has 0 fully saturated rings. The molecule has 0 bridgehead atoms.